The lowest BCUT2D eigenvalue weighted by Crippen LogP contribution is -2.18. The van der Waals surface area contributed by atoms with Crippen LogP contribution in [0.15, 0.2) is 42.5 Å². The molecule has 5 nitrogen and oxygen atoms in total. The van der Waals surface area contributed by atoms with E-state index in [2.05, 4.69) is 5.32 Å². The van der Waals surface area contributed by atoms with Crippen molar-refractivity contribution in [3.63, 3.8) is 0 Å². The standard InChI is InChI=1S/C14H11FN2O3/c15-10-7-6-9(14(19)20)12(16)11(10)13(18)17-8-4-2-1-3-5-8/h1-7H,16H2,(H,17,18)(H,19,20). The molecule has 2 rings (SSSR count). The molecular formula is C14H11FN2O3. The van der Waals surface area contributed by atoms with Crippen LogP contribution in [0, 0.1) is 5.82 Å². The number of nitrogen functional groups attached to an aromatic ring is 1. The van der Waals surface area contributed by atoms with Gasteiger partial charge in [0, 0.05) is 5.69 Å². The molecule has 0 unspecified atom stereocenters. The third-order valence-corrected chi connectivity index (χ3v) is 2.68. The molecule has 2 aromatic rings. The average Bonchev–Trinajstić information content (AvgIpc) is 2.39. The van der Waals surface area contributed by atoms with Crippen molar-refractivity contribution in [3.8, 4) is 0 Å². The number of hydrogen-bond acceptors (Lipinski definition) is 3. The number of para-hydroxylation sites is 1. The van der Waals surface area contributed by atoms with E-state index >= 15 is 0 Å². The molecule has 0 saturated carbocycles. The summed E-state index contributed by atoms with van der Waals surface area (Å²) in [5.41, 5.74) is 4.82. The Morgan fingerprint density at radius 2 is 1.75 bits per heavy atom. The fourth-order valence-electron chi connectivity index (χ4n) is 1.73. The first-order valence-corrected chi connectivity index (χ1v) is 5.68. The van der Waals surface area contributed by atoms with Gasteiger partial charge in [0.05, 0.1) is 16.8 Å². The van der Waals surface area contributed by atoms with Gasteiger partial charge < -0.3 is 16.2 Å². The van der Waals surface area contributed by atoms with Crippen LogP contribution in [0.3, 0.4) is 0 Å². The van der Waals surface area contributed by atoms with Crippen LogP contribution in [-0.4, -0.2) is 17.0 Å². The van der Waals surface area contributed by atoms with Crippen molar-refractivity contribution in [3.05, 3.63) is 59.4 Å². The number of anilines is 2. The minimum atomic E-state index is -1.32. The van der Waals surface area contributed by atoms with E-state index in [-0.39, 0.29) is 5.56 Å². The molecule has 6 heteroatoms. The second-order valence-corrected chi connectivity index (χ2v) is 4.01. The summed E-state index contributed by atoms with van der Waals surface area (Å²) in [4.78, 5) is 22.9. The molecule has 0 aliphatic heterocycles. The van der Waals surface area contributed by atoms with E-state index in [1.54, 1.807) is 30.3 Å². The Morgan fingerprint density at radius 3 is 2.35 bits per heavy atom. The molecule has 4 N–H and O–H groups in total. The molecule has 2 aromatic carbocycles. The van der Waals surface area contributed by atoms with Gasteiger partial charge in [-0.2, -0.15) is 0 Å². The normalized spacial score (nSPS) is 10.1. The highest BCUT2D eigenvalue weighted by molar-refractivity contribution is 6.11. The van der Waals surface area contributed by atoms with Crippen LogP contribution in [-0.2, 0) is 0 Å². The number of carbonyl (C=O) groups excluding carboxylic acids is 1. The molecule has 0 atom stereocenters. The van der Waals surface area contributed by atoms with Gasteiger partial charge >= 0.3 is 5.97 Å². The van der Waals surface area contributed by atoms with E-state index in [0.717, 1.165) is 12.1 Å². The maximum atomic E-state index is 13.7. The molecule has 0 spiro atoms. The van der Waals surface area contributed by atoms with Gasteiger partial charge in [-0.25, -0.2) is 9.18 Å². The van der Waals surface area contributed by atoms with E-state index < -0.39 is 28.9 Å². The molecule has 0 saturated heterocycles. The fourth-order valence-corrected chi connectivity index (χ4v) is 1.73. The van der Waals surface area contributed by atoms with Crippen LogP contribution >= 0.6 is 0 Å². The van der Waals surface area contributed by atoms with E-state index in [9.17, 15) is 14.0 Å². The first kappa shape index (κ1) is 13.5. The molecule has 0 bridgehead atoms. The number of carboxylic acid groups (broad SMARTS) is 1. The van der Waals surface area contributed by atoms with Crippen LogP contribution in [0.1, 0.15) is 20.7 Å². The number of carboxylic acids is 1. The van der Waals surface area contributed by atoms with Crippen molar-refractivity contribution in [2.24, 2.45) is 0 Å². The smallest absolute Gasteiger partial charge is 0.337 e. The van der Waals surface area contributed by atoms with Crippen molar-refractivity contribution in [1.29, 1.82) is 0 Å². The Kier molecular flexibility index (Phi) is 3.65. The first-order valence-electron chi connectivity index (χ1n) is 5.68. The van der Waals surface area contributed by atoms with Crippen LogP contribution < -0.4 is 11.1 Å². The Balaban J connectivity index is 2.39. The molecular weight excluding hydrogens is 263 g/mol. The number of carbonyl (C=O) groups is 2. The highest BCUT2D eigenvalue weighted by atomic mass is 19.1. The average molecular weight is 274 g/mol. The minimum Gasteiger partial charge on any atom is -0.478 e. The number of hydrogen-bond donors (Lipinski definition) is 3. The van der Waals surface area contributed by atoms with Gasteiger partial charge in [-0.05, 0) is 24.3 Å². The van der Waals surface area contributed by atoms with Crippen molar-refractivity contribution < 1.29 is 19.1 Å². The van der Waals surface area contributed by atoms with Crippen LogP contribution in [0.4, 0.5) is 15.8 Å². The maximum absolute atomic E-state index is 13.7. The summed E-state index contributed by atoms with van der Waals surface area (Å²) >= 11 is 0. The summed E-state index contributed by atoms with van der Waals surface area (Å²) in [5, 5.41) is 11.4. The molecule has 0 aliphatic rings. The second kappa shape index (κ2) is 5.40. The summed E-state index contributed by atoms with van der Waals surface area (Å²) in [6.45, 7) is 0. The number of benzene rings is 2. The lowest BCUT2D eigenvalue weighted by molar-refractivity contribution is 0.0698. The predicted molar refractivity (Wildman–Crippen MR) is 72.2 cm³/mol. The zero-order valence-corrected chi connectivity index (χ0v) is 10.3. The molecule has 0 heterocycles. The number of halogens is 1. The minimum absolute atomic E-state index is 0.315. The van der Waals surface area contributed by atoms with E-state index in [1.807, 2.05) is 0 Å². The zero-order chi connectivity index (χ0) is 14.7. The number of nitrogens with two attached hydrogens (primary N) is 1. The summed E-state index contributed by atoms with van der Waals surface area (Å²) in [6.07, 6.45) is 0. The van der Waals surface area contributed by atoms with Gasteiger partial charge in [0.15, 0.2) is 0 Å². The number of amides is 1. The van der Waals surface area contributed by atoms with Crippen molar-refractivity contribution in [2.75, 3.05) is 11.1 Å². The van der Waals surface area contributed by atoms with Gasteiger partial charge in [0.1, 0.15) is 5.82 Å². The van der Waals surface area contributed by atoms with Crippen molar-refractivity contribution in [1.82, 2.24) is 0 Å². The van der Waals surface area contributed by atoms with Gasteiger partial charge in [0.25, 0.3) is 5.91 Å². The summed E-state index contributed by atoms with van der Waals surface area (Å²) in [6, 6.07) is 10.3. The monoisotopic (exact) mass is 274 g/mol. The number of aromatic carboxylic acids is 1. The third kappa shape index (κ3) is 2.59. The van der Waals surface area contributed by atoms with Crippen LogP contribution in [0.25, 0.3) is 0 Å². The van der Waals surface area contributed by atoms with Gasteiger partial charge in [-0.3, -0.25) is 4.79 Å². The van der Waals surface area contributed by atoms with Crippen molar-refractivity contribution in [2.45, 2.75) is 0 Å². The Labute approximate surface area is 113 Å². The van der Waals surface area contributed by atoms with Gasteiger partial charge in [0.2, 0.25) is 0 Å². The number of nitrogens with one attached hydrogen (secondary N) is 1. The molecule has 1 amide bonds. The van der Waals surface area contributed by atoms with Gasteiger partial charge in [-0.15, -0.1) is 0 Å². The van der Waals surface area contributed by atoms with Crippen molar-refractivity contribution >= 4 is 23.3 Å². The molecule has 20 heavy (non-hydrogen) atoms. The Hall–Kier alpha value is -2.89. The fraction of sp³-hybridized carbons (Fsp3) is 0. The summed E-state index contributed by atoms with van der Waals surface area (Å²) in [7, 11) is 0. The molecule has 0 fully saturated rings. The molecule has 102 valence electrons. The SMILES string of the molecule is Nc1c(C(=O)O)ccc(F)c1C(=O)Nc1ccccc1. The molecule has 0 radical (unpaired) electrons. The van der Waals surface area contributed by atoms with Crippen LogP contribution in [0.5, 0.6) is 0 Å². The number of rotatable bonds is 3. The largest absolute Gasteiger partial charge is 0.478 e. The van der Waals surface area contributed by atoms with Crippen LogP contribution in [0.2, 0.25) is 0 Å². The lowest BCUT2D eigenvalue weighted by atomic mass is 10.1. The quantitative estimate of drug-likeness (QED) is 0.749. The zero-order valence-electron chi connectivity index (χ0n) is 10.3. The van der Waals surface area contributed by atoms with E-state index in [1.165, 1.54) is 0 Å². The highest BCUT2D eigenvalue weighted by Crippen LogP contribution is 2.22. The second-order valence-electron chi connectivity index (χ2n) is 4.01. The predicted octanol–water partition coefficient (Wildman–Crippen LogP) is 2.36. The third-order valence-electron chi connectivity index (χ3n) is 2.68. The Bertz CT molecular complexity index is 672. The highest BCUT2D eigenvalue weighted by Gasteiger charge is 2.21. The van der Waals surface area contributed by atoms with E-state index in [0.29, 0.717) is 5.69 Å². The van der Waals surface area contributed by atoms with Gasteiger partial charge in [-0.1, -0.05) is 18.2 Å². The Morgan fingerprint density at radius 1 is 1.10 bits per heavy atom. The van der Waals surface area contributed by atoms with E-state index in [4.69, 9.17) is 10.8 Å². The molecule has 0 aliphatic carbocycles. The molecule has 0 aromatic heterocycles. The summed E-state index contributed by atoms with van der Waals surface area (Å²) in [5.74, 6) is -2.99. The first-order chi connectivity index (χ1) is 9.50. The maximum Gasteiger partial charge on any atom is 0.337 e. The summed E-state index contributed by atoms with van der Waals surface area (Å²) < 4.78 is 13.7. The lowest BCUT2D eigenvalue weighted by Gasteiger charge is -2.10. The topological polar surface area (TPSA) is 92.4 Å².